The van der Waals surface area contributed by atoms with E-state index in [2.05, 4.69) is 12.1 Å². The Labute approximate surface area is 200 Å². The van der Waals surface area contributed by atoms with E-state index in [1.807, 2.05) is 103 Å². The maximum absolute atomic E-state index is 12.9. The van der Waals surface area contributed by atoms with Crippen LogP contribution in [-0.2, 0) is 15.6 Å². The third kappa shape index (κ3) is 4.82. The van der Waals surface area contributed by atoms with Crippen molar-refractivity contribution in [1.29, 1.82) is 0 Å². The number of aromatic nitrogens is 1. The van der Waals surface area contributed by atoms with Crippen molar-refractivity contribution in [3.8, 4) is 33.6 Å². The third-order valence-corrected chi connectivity index (χ3v) is 7.41. The van der Waals surface area contributed by atoms with Gasteiger partial charge in [-0.3, -0.25) is 0 Å². The van der Waals surface area contributed by atoms with Gasteiger partial charge in [0.05, 0.1) is 22.0 Å². The summed E-state index contributed by atoms with van der Waals surface area (Å²) in [6, 6.07) is 40.6. The summed E-state index contributed by atoms with van der Waals surface area (Å²) >= 11 is 0. The molecule has 0 spiro atoms. The highest BCUT2D eigenvalue weighted by atomic mass is 32.2. The van der Waals surface area contributed by atoms with Crippen LogP contribution in [0.25, 0.3) is 33.6 Å². The summed E-state index contributed by atoms with van der Waals surface area (Å²) in [4.78, 5) is 5.23. The summed E-state index contributed by atoms with van der Waals surface area (Å²) in [7, 11) is -3.43. The zero-order valence-electron chi connectivity index (χ0n) is 18.5. The third-order valence-electron chi connectivity index (χ3n) is 5.71. The maximum Gasteiger partial charge on any atom is 0.182 e. The average molecular weight is 462 g/mol. The van der Waals surface area contributed by atoms with E-state index in [9.17, 15) is 8.42 Å². The molecule has 0 aliphatic rings. The Kier molecular flexibility index (Phi) is 6.07. The SMILES string of the molecule is O=S(=O)(Cc1ccccc1)c1ccc(-c2cc(-c3ccccc3)nc(-c3ccccc3)c2)cc1. The fraction of sp³-hybridized carbons (Fsp3) is 0.0333. The minimum absolute atomic E-state index is 0.0151. The van der Waals surface area contributed by atoms with E-state index in [0.717, 1.165) is 39.2 Å². The number of pyridine rings is 1. The van der Waals surface area contributed by atoms with E-state index in [-0.39, 0.29) is 5.75 Å². The topological polar surface area (TPSA) is 47.0 Å². The second-order valence-electron chi connectivity index (χ2n) is 8.13. The number of rotatable bonds is 6. The normalized spacial score (nSPS) is 11.3. The maximum atomic E-state index is 12.9. The number of benzene rings is 4. The lowest BCUT2D eigenvalue weighted by Crippen LogP contribution is -2.04. The summed E-state index contributed by atoms with van der Waals surface area (Å²) in [6.45, 7) is 0. The zero-order chi connectivity index (χ0) is 23.4. The van der Waals surface area contributed by atoms with Gasteiger partial charge in [-0.2, -0.15) is 0 Å². The fourth-order valence-electron chi connectivity index (χ4n) is 3.94. The summed E-state index contributed by atoms with van der Waals surface area (Å²) < 4.78 is 25.8. The van der Waals surface area contributed by atoms with Crippen LogP contribution < -0.4 is 0 Å². The van der Waals surface area contributed by atoms with E-state index in [1.165, 1.54) is 0 Å². The molecule has 0 fully saturated rings. The van der Waals surface area contributed by atoms with Crippen molar-refractivity contribution in [3.05, 3.63) is 133 Å². The Morgan fingerprint density at radius 2 is 0.971 bits per heavy atom. The molecule has 166 valence electrons. The predicted molar refractivity (Wildman–Crippen MR) is 138 cm³/mol. The molecule has 0 bridgehead atoms. The number of sulfone groups is 1. The van der Waals surface area contributed by atoms with Gasteiger partial charge >= 0.3 is 0 Å². The molecule has 4 heteroatoms. The van der Waals surface area contributed by atoms with Crippen molar-refractivity contribution < 1.29 is 8.42 Å². The lowest BCUT2D eigenvalue weighted by molar-refractivity contribution is 0.595. The molecule has 0 atom stereocenters. The Morgan fingerprint density at radius 3 is 1.47 bits per heavy atom. The first-order valence-corrected chi connectivity index (χ1v) is 12.7. The summed E-state index contributed by atoms with van der Waals surface area (Å²) in [5.41, 5.74) is 6.51. The lowest BCUT2D eigenvalue weighted by Gasteiger charge is -2.11. The average Bonchev–Trinajstić information content (AvgIpc) is 2.90. The van der Waals surface area contributed by atoms with E-state index >= 15 is 0 Å². The van der Waals surface area contributed by atoms with Gasteiger partial charge in [0.2, 0.25) is 0 Å². The van der Waals surface area contributed by atoms with E-state index in [1.54, 1.807) is 12.1 Å². The van der Waals surface area contributed by atoms with Crippen molar-refractivity contribution in [1.82, 2.24) is 4.98 Å². The van der Waals surface area contributed by atoms with Crippen LogP contribution in [0.1, 0.15) is 5.56 Å². The number of nitrogens with zero attached hydrogens (tertiary/aromatic N) is 1. The summed E-state index contributed by atoms with van der Waals surface area (Å²) in [6.07, 6.45) is 0. The van der Waals surface area contributed by atoms with Crippen LogP contribution in [0.15, 0.2) is 132 Å². The molecule has 1 aromatic heterocycles. The first kappa shape index (κ1) is 21.8. The lowest BCUT2D eigenvalue weighted by atomic mass is 10.00. The molecule has 0 unspecified atom stereocenters. The molecular weight excluding hydrogens is 438 g/mol. The highest BCUT2D eigenvalue weighted by molar-refractivity contribution is 7.90. The molecule has 5 rings (SSSR count). The molecule has 4 aromatic carbocycles. The van der Waals surface area contributed by atoms with Crippen LogP contribution in [0.2, 0.25) is 0 Å². The molecule has 0 amide bonds. The highest BCUT2D eigenvalue weighted by Gasteiger charge is 2.16. The monoisotopic (exact) mass is 461 g/mol. The smallest absolute Gasteiger partial charge is 0.182 e. The summed E-state index contributed by atoms with van der Waals surface area (Å²) in [5, 5.41) is 0. The highest BCUT2D eigenvalue weighted by Crippen LogP contribution is 2.31. The number of hydrogen-bond acceptors (Lipinski definition) is 3. The number of hydrogen-bond donors (Lipinski definition) is 0. The van der Waals surface area contributed by atoms with E-state index < -0.39 is 9.84 Å². The van der Waals surface area contributed by atoms with Gasteiger partial charge in [-0.15, -0.1) is 0 Å². The van der Waals surface area contributed by atoms with Crippen LogP contribution in [0.3, 0.4) is 0 Å². The van der Waals surface area contributed by atoms with E-state index in [4.69, 9.17) is 4.98 Å². The van der Waals surface area contributed by atoms with Gasteiger partial charge in [-0.05, 0) is 41.0 Å². The van der Waals surface area contributed by atoms with Crippen molar-refractivity contribution in [3.63, 3.8) is 0 Å². The van der Waals surface area contributed by atoms with Gasteiger partial charge in [0.1, 0.15) is 0 Å². The van der Waals surface area contributed by atoms with Crippen molar-refractivity contribution >= 4 is 9.84 Å². The van der Waals surface area contributed by atoms with Gasteiger partial charge in [0.25, 0.3) is 0 Å². The summed E-state index contributed by atoms with van der Waals surface area (Å²) in [5.74, 6) is -0.0151. The molecule has 0 saturated heterocycles. The largest absolute Gasteiger partial charge is 0.248 e. The van der Waals surface area contributed by atoms with Crippen LogP contribution in [0.5, 0.6) is 0 Å². The minimum atomic E-state index is -3.43. The second-order valence-corrected chi connectivity index (χ2v) is 10.1. The molecule has 3 nitrogen and oxygen atoms in total. The molecule has 0 aliphatic carbocycles. The molecule has 1 heterocycles. The Balaban J connectivity index is 1.53. The molecule has 0 radical (unpaired) electrons. The molecule has 5 aromatic rings. The molecular formula is C30H23NO2S. The van der Waals surface area contributed by atoms with Crippen LogP contribution in [0.4, 0.5) is 0 Å². The molecule has 0 aliphatic heterocycles. The second kappa shape index (κ2) is 9.46. The Morgan fingerprint density at radius 1 is 0.500 bits per heavy atom. The first-order valence-electron chi connectivity index (χ1n) is 11.1. The van der Waals surface area contributed by atoms with Crippen LogP contribution in [0, 0.1) is 0 Å². The van der Waals surface area contributed by atoms with Crippen molar-refractivity contribution in [2.45, 2.75) is 10.6 Å². The predicted octanol–water partition coefficient (Wildman–Crippen LogP) is 7.06. The minimum Gasteiger partial charge on any atom is -0.248 e. The van der Waals surface area contributed by atoms with Crippen molar-refractivity contribution in [2.75, 3.05) is 0 Å². The van der Waals surface area contributed by atoms with Gasteiger partial charge < -0.3 is 0 Å². The Hall–Kier alpha value is -4.02. The van der Waals surface area contributed by atoms with Crippen LogP contribution in [-0.4, -0.2) is 13.4 Å². The van der Waals surface area contributed by atoms with E-state index in [0.29, 0.717) is 4.90 Å². The zero-order valence-corrected chi connectivity index (χ0v) is 19.3. The van der Waals surface area contributed by atoms with Crippen molar-refractivity contribution in [2.24, 2.45) is 0 Å². The van der Waals surface area contributed by atoms with Gasteiger partial charge in [0.15, 0.2) is 9.84 Å². The Bertz CT molecular complexity index is 1440. The standard InChI is InChI=1S/C30H23NO2S/c32-34(33,22-23-10-4-1-5-11-23)28-18-16-24(17-19-28)27-20-29(25-12-6-2-7-13-25)31-30(21-27)26-14-8-3-9-15-26/h1-21H,22H2. The van der Waals surface area contributed by atoms with Gasteiger partial charge in [0, 0.05) is 11.1 Å². The molecule has 34 heavy (non-hydrogen) atoms. The molecule has 0 saturated carbocycles. The first-order chi connectivity index (χ1) is 16.6. The quantitative estimate of drug-likeness (QED) is 0.272. The van der Waals surface area contributed by atoms with Gasteiger partial charge in [-0.25, -0.2) is 13.4 Å². The molecule has 0 N–H and O–H groups in total. The fourth-order valence-corrected chi connectivity index (χ4v) is 5.29. The van der Waals surface area contributed by atoms with Crippen LogP contribution >= 0.6 is 0 Å². The van der Waals surface area contributed by atoms with Gasteiger partial charge in [-0.1, -0.05) is 103 Å².